The molecule has 1 aliphatic carbocycles. The van der Waals surface area contributed by atoms with Gasteiger partial charge in [0.15, 0.2) is 0 Å². The van der Waals surface area contributed by atoms with Crippen molar-refractivity contribution >= 4 is 41.4 Å². The monoisotopic (exact) mass is 592 g/mol. The highest BCUT2D eigenvalue weighted by Gasteiger charge is 2.47. The van der Waals surface area contributed by atoms with Crippen LogP contribution in [0, 0.1) is 25.7 Å². The van der Waals surface area contributed by atoms with Crippen molar-refractivity contribution < 1.29 is 27.5 Å². The summed E-state index contributed by atoms with van der Waals surface area (Å²) >= 11 is 1.63. The van der Waals surface area contributed by atoms with Gasteiger partial charge in [0.1, 0.15) is 18.0 Å². The lowest BCUT2D eigenvalue weighted by Crippen LogP contribution is -2.47. The summed E-state index contributed by atoms with van der Waals surface area (Å²) in [4.78, 5) is 31.9. The lowest BCUT2D eigenvalue weighted by atomic mass is 9.79. The minimum atomic E-state index is -4.09. The number of hydrogen-bond acceptors (Lipinski definition) is 6. The number of carbonyl (C=O) groups is 2. The highest BCUT2D eigenvalue weighted by molar-refractivity contribution is 8.00. The summed E-state index contributed by atoms with van der Waals surface area (Å²) in [6, 6.07) is 4.10. The third-order valence-corrected chi connectivity index (χ3v) is 9.86. The second kappa shape index (κ2) is 12.5. The number of hydrogen-bond donors (Lipinski definition) is 1. The van der Waals surface area contributed by atoms with Crippen LogP contribution < -0.4 is 10.2 Å². The average Bonchev–Trinajstić information content (AvgIpc) is 3.25. The van der Waals surface area contributed by atoms with Gasteiger partial charge in [-0.05, 0) is 105 Å². The van der Waals surface area contributed by atoms with Crippen molar-refractivity contribution in [1.82, 2.24) is 9.62 Å². The molecule has 2 saturated heterocycles. The molecular formula is C30H39F3N4O3S. The van der Waals surface area contributed by atoms with E-state index in [4.69, 9.17) is 9.73 Å². The van der Waals surface area contributed by atoms with Gasteiger partial charge in [-0.3, -0.25) is 14.6 Å². The number of nitrogens with zero attached hydrogens (tertiary/aromatic N) is 3. The number of amidine groups is 1. The lowest BCUT2D eigenvalue weighted by Gasteiger charge is -2.34. The minimum Gasteiger partial charge on any atom is -0.370 e. The summed E-state index contributed by atoms with van der Waals surface area (Å²) < 4.78 is 45.2. The standard InChI is InChI=1S/C30H39F3N4O3S/c1-20-17-24(37-14-15-40-19-26(37)38)18-21(2)25(20)8-16-41-36-12-10-29(11-13-36)28(39)34-27(35-29)23-5-3-22(4-6-23)7-9-30(31,32)33/h8,16-18,22-23H,3-7,9-15,19H2,1-2H3,(H,34,35,39)/b16-8+. The minimum absolute atomic E-state index is 0.0172. The molecule has 1 spiro atoms. The van der Waals surface area contributed by atoms with Crippen LogP contribution in [0.4, 0.5) is 18.9 Å². The highest BCUT2D eigenvalue weighted by Crippen LogP contribution is 2.39. The van der Waals surface area contributed by atoms with Crippen LogP contribution in [0.3, 0.4) is 0 Å². The third kappa shape index (κ3) is 7.17. The zero-order valence-electron chi connectivity index (χ0n) is 23.8. The number of piperidine rings is 1. The van der Waals surface area contributed by atoms with Gasteiger partial charge in [0.25, 0.3) is 11.8 Å². The van der Waals surface area contributed by atoms with E-state index in [0.717, 1.165) is 67.0 Å². The molecule has 7 nitrogen and oxygen atoms in total. The molecule has 0 atom stereocenters. The van der Waals surface area contributed by atoms with Crippen molar-refractivity contribution in [1.29, 1.82) is 0 Å². The van der Waals surface area contributed by atoms with Crippen molar-refractivity contribution in [2.75, 3.05) is 37.7 Å². The van der Waals surface area contributed by atoms with Gasteiger partial charge in [0.05, 0.1) is 6.61 Å². The number of rotatable bonds is 7. The molecule has 3 heterocycles. The van der Waals surface area contributed by atoms with Gasteiger partial charge in [-0.25, -0.2) is 4.31 Å². The summed E-state index contributed by atoms with van der Waals surface area (Å²) in [7, 11) is 0. The van der Waals surface area contributed by atoms with Gasteiger partial charge >= 0.3 is 6.18 Å². The van der Waals surface area contributed by atoms with E-state index in [-0.39, 0.29) is 36.7 Å². The Morgan fingerprint density at radius 1 is 1.10 bits per heavy atom. The number of carbonyl (C=O) groups excluding carboxylic acids is 2. The summed E-state index contributed by atoms with van der Waals surface area (Å²) in [5.74, 6) is 0.939. The van der Waals surface area contributed by atoms with Crippen molar-refractivity contribution in [3.63, 3.8) is 0 Å². The van der Waals surface area contributed by atoms with E-state index in [1.54, 1.807) is 16.8 Å². The normalized spacial score (nSPS) is 25.7. The summed E-state index contributed by atoms with van der Waals surface area (Å²) in [6.45, 7) is 6.81. The second-order valence-electron chi connectivity index (χ2n) is 11.8. The fourth-order valence-corrected chi connectivity index (χ4v) is 7.24. The Balaban J connectivity index is 1.12. The fraction of sp³-hybridized carbons (Fsp3) is 0.633. The van der Waals surface area contributed by atoms with Crippen LogP contribution in [-0.2, 0) is 14.3 Å². The second-order valence-corrected chi connectivity index (χ2v) is 12.8. The van der Waals surface area contributed by atoms with Gasteiger partial charge in [0, 0.05) is 37.7 Å². The van der Waals surface area contributed by atoms with Crippen LogP contribution >= 0.6 is 11.9 Å². The number of aryl methyl sites for hydroxylation is 2. The largest absolute Gasteiger partial charge is 0.389 e. The number of aliphatic imine (C=N–C) groups is 1. The molecule has 0 aromatic heterocycles. The zero-order chi connectivity index (χ0) is 29.2. The first-order valence-electron chi connectivity index (χ1n) is 14.6. The molecule has 11 heteroatoms. The third-order valence-electron chi connectivity index (χ3n) is 8.94. The predicted molar refractivity (Wildman–Crippen MR) is 156 cm³/mol. The first-order valence-corrected chi connectivity index (χ1v) is 15.4. The van der Waals surface area contributed by atoms with Gasteiger partial charge in [-0.1, -0.05) is 11.9 Å². The summed E-state index contributed by atoms with van der Waals surface area (Å²) in [5.41, 5.74) is 3.53. The van der Waals surface area contributed by atoms with E-state index in [2.05, 4.69) is 47.1 Å². The maximum atomic E-state index is 13.0. The number of ether oxygens (including phenoxy) is 1. The van der Waals surface area contributed by atoms with E-state index >= 15 is 0 Å². The predicted octanol–water partition coefficient (Wildman–Crippen LogP) is 5.80. The Hall–Kier alpha value is -2.37. The van der Waals surface area contributed by atoms with Gasteiger partial charge in [-0.15, -0.1) is 0 Å². The first kappa shape index (κ1) is 30.1. The quantitative estimate of drug-likeness (QED) is 0.406. The highest BCUT2D eigenvalue weighted by atomic mass is 32.2. The maximum Gasteiger partial charge on any atom is 0.389 e. The first-order chi connectivity index (χ1) is 19.5. The molecule has 224 valence electrons. The van der Waals surface area contributed by atoms with Crippen molar-refractivity contribution in [3.05, 3.63) is 34.2 Å². The fourth-order valence-electron chi connectivity index (χ4n) is 6.47. The lowest BCUT2D eigenvalue weighted by molar-refractivity contribution is -0.138. The van der Waals surface area contributed by atoms with Crippen molar-refractivity contribution in [2.24, 2.45) is 16.8 Å². The molecule has 3 aliphatic heterocycles. The van der Waals surface area contributed by atoms with Crippen LogP contribution in [-0.4, -0.2) is 66.5 Å². The molecule has 1 saturated carbocycles. The molecule has 1 N–H and O–H groups in total. The SMILES string of the molecule is Cc1cc(N2CCOCC2=O)cc(C)c1/C=C/SN1CCC2(CC1)N=C(C1CCC(CCC(F)(F)F)CC1)NC2=O. The van der Waals surface area contributed by atoms with Crippen molar-refractivity contribution in [2.45, 2.75) is 76.9 Å². The van der Waals surface area contributed by atoms with Gasteiger partial charge in [-0.2, -0.15) is 13.2 Å². The average molecular weight is 593 g/mol. The van der Waals surface area contributed by atoms with Crippen LogP contribution in [0.5, 0.6) is 0 Å². The van der Waals surface area contributed by atoms with E-state index in [9.17, 15) is 22.8 Å². The van der Waals surface area contributed by atoms with Crippen molar-refractivity contribution in [3.8, 4) is 0 Å². The number of anilines is 1. The number of benzene rings is 1. The number of morpholine rings is 1. The molecule has 1 aromatic rings. The zero-order valence-corrected chi connectivity index (χ0v) is 24.6. The van der Waals surface area contributed by atoms with Gasteiger partial charge in [0.2, 0.25) is 0 Å². The molecule has 41 heavy (non-hydrogen) atoms. The van der Waals surface area contributed by atoms with E-state index < -0.39 is 18.1 Å². The number of nitrogens with one attached hydrogen (secondary N) is 1. The Labute approximate surface area is 244 Å². The summed E-state index contributed by atoms with van der Waals surface area (Å²) in [5, 5.41) is 5.12. The molecule has 0 bridgehead atoms. The van der Waals surface area contributed by atoms with Crippen LogP contribution in [0.2, 0.25) is 0 Å². The van der Waals surface area contributed by atoms with Crippen LogP contribution in [0.1, 0.15) is 68.1 Å². The number of halogens is 3. The Morgan fingerprint density at radius 3 is 2.41 bits per heavy atom. The number of amides is 2. The van der Waals surface area contributed by atoms with Crippen LogP contribution in [0.15, 0.2) is 22.5 Å². The molecule has 1 aromatic carbocycles. The number of alkyl halides is 3. The topological polar surface area (TPSA) is 74.2 Å². The molecule has 0 unspecified atom stereocenters. The molecule has 4 aliphatic rings. The molecular weight excluding hydrogens is 553 g/mol. The maximum absolute atomic E-state index is 13.0. The molecule has 3 fully saturated rings. The van der Waals surface area contributed by atoms with Gasteiger partial charge < -0.3 is 15.0 Å². The Bertz CT molecular complexity index is 1180. The van der Waals surface area contributed by atoms with Crippen LogP contribution in [0.25, 0.3) is 6.08 Å². The van der Waals surface area contributed by atoms with E-state index in [0.29, 0.717) is 26.0 Å². The smallest absolute Gasteiger partial charge is 0.370 e. The van der Waals surface area contributed by atoms with E-state index in [1.807, 2.05) is 0 Å². The summed E-state index contributed by atoms with van der Waals surface area (Å²) in [6.07, 6.45) is 1.86. The Kier molecular flexibility index (Phi) is 9.16. The molecule has 5 rings (SSSR count). The molecule has 2 amide bonds. The molecule has 0 radical (unpaired) electrons. The Morgan fingerprint density at radius 2 is 1.78 bits per heavy atom. The van der Waals surface area contributed by atoms with E-state index in [1.165, 1.54) is 0 Å².